The van der Waals surface area contributed by atoms with Crippen LogP contribution in [0.3, 0.4) is 0 Å². The highest BCUT2D eigenvalue weighted by Crippen LogP contribution is 2.31. The minimum Gasteiger partial charge on any atom is -0.506 e. The molecule has 9 heteroatoms. The smallest absolute Gasteiger partial charge is 0.239 e. The van der Waals surface area contributed by atoms with Crippen molar-refractivity contribution in [1.82, 2.24) is 30.3 Å². The van der Waals surface area contributed by atoms with Crippen molar-refractivity contribution in [2.24, 2.45) is 0 Å². The zero-order valence-corrected chi connectivity index (χ0v) is 14.4. The SMILES string of the molecule is Oc1cccc2ccc(N3CCC(c4nc(-c5ncn[nH]5)no4)CC3)nc12. The molecule has 1 aliphatic rings. The van der Waals surface area contributed by atoms with Gasteiger partial charge in [-0.2, -0.15) is 10.1 Å². The molecule has 1 fully saturated rings. The first kappa shape index (κ1) is 15.7. The summed E-state index contributed by atoms with van der Waals surface area (Å²) in [5, 5.41) is 21.5. The summed E-state index contributed by atoms with van der Waals surface area (Å²) >= 11 is 0. The Balaban J connectivity index is 1.31. The maximum absolute atomic E-state index is 10.0. The molecule has 0 spiro atoms. The summed E-state index contributed by atoms with van der Waals surface area (Å²) in [4.78, 5) is 15.3. The number of nitrogens with one attached hydrogen (secondary N) is 1. The average Bonchev–Trinajstić information content (AvgIpc) is 3.40. The van der Waals surface area contributed by atoms with Crippen LogP contribution in [0.15, 0.2) is 41.2 Å². The molecule has 0 saturated carbocycles. The maximum Gasteiger partial charge on any atom is 0.239 e. The molecular formula is C18H17N7O2. The van der Waals surface area contributed by atoms with E-state index in [0.717, 1.165) is 37.1 Å². The molecule has 1 saturated heterocycles. The Hall–Kier alpha value is -3.49. The second kappa shape index (κ2) is 6.35. The number of hydrogen-bond donors (Lipinski definition) is 2. The fourth-order valence-electron chi connectivity index (χ4n) is 3.46. The second-order valence-corrected chi connectivity index (χ2v) is 6.57. The topological polar surface area (TPSA) is 117 Å². The van der Waals surface area contributed by atoms with Gasteiger partial charge in [0.15, 0.2) is 5.82 Å². The molecule has 3 aromatic heterocycles. The van der Waals surface area contributed by atoms with Gasteiger partial charge in [-0.25, -0.2) is 9.97 Å². The van der Waals surface area contributed by atoms with Gasteiger partial charge in [0.1, 0.15) is 23.4 Å². The highest BCUT2D eigenvalue weighted by molar-refractivity contribution is 5.85. The zero-order chi connectivity index (χ0) is 18.2. The van der Waals surface area contributed by atoms with Gasteiger partial charge in [-0.05, 0) is 31.0 Å². The number of anilines is 1. The molecule has 4 heterocycles. The number of nitrogens with zero attached hydrogens (tertiary/aromatic N) is 6. The van der Waals surface area contributed by atoms with Gasteiger partial charge in [-0.3, -0.25) is 5.10 Å². The number of fused-ring (bicyclic) bond motifs is 1. The number of H-pyrrole nitrogens is 1. The molecule has 2 N–H and O–H groups in total. The summed E-state index contributed by atoms with van der Waals surface area (Å²) in [7, 11) is 0. The second-order valence-electron chi connectivity index (χ2n) is 6.57. The Morgan fingerprint density at radius 3 is 2.81 bits per heavy atom. The van der Waals surface area contributed by atoms with Crippen LogP contribution in [0.5, 0.6) is 5.75 Å². The number of pyridine rings is 1. The van der Waals surface area contributed by atoms with Crippen molar-refractivity contribution in [2.45, 2.75) is 18.8 Å². The Morgan fingerprint density at radius 2 is 2.00 bits per heavy atom. The highest BCUT2D eigenvalue weighted by atomic mass is 16.5. The number of aromatic hydroxyl groups is 1. The van der Waals surface area contributed by atoms with Crippen molar-refractivity contribution in [3.05, 3.63) is 42.5 Å². The number of aromatic nitrogens is 6. The predicted octanol–water partition coefficient (Wildman–Crippen LogP) is 2.49. The summed E-state index contributed by atoms with van der Waals surface area (Å²) in [6.45, 7) is 1.66. The van der Waals surface area contributed by atoms with Crippen LogP contribution in [-0.2, 0) is 0 Å². The standard InChI is InChI=1S/C18H17N7O2/c26-13-3-1-2-11-4-5-14(21-15(11)13)25-8-6-12(7-9-25)18-22-17(24-27-18)16-19-10-20-23-16/h1-5,10,12,26H,6-9H2,(H,19,20,23). The van der Waals surface area contributed by atoms with E-state index in [4.69, 9.17) is 4.52 Å². The van der Waals surface area contributed by atoms with Crippen molar-refractivity contribution < 1.29 is 9.63 Å². The van der Waals surface area contributed by atoms with Gasteiger partial charge in [0, 0.05) is 24.4 Å². The van der Waals surface area contributed by atoms with Gasteiger partial charge in [-0.15, -0.1) is 0 Å². The molecule has 0 atom stereocenters. The number of rotatable bonds is 3. The molecule has 9 nitrogen and oxygen atoms in total. The van der Waals surface area contributed by atoms with Crippen LogP contribution >= 0.6 is 0 Å². The van der Waals surface area contributed by atoms with Crippen LogP contribution in [0.1, 0.15) is 24.7 Å². The molecular weight excluding hydrogens is 346 g/mol. The zero-order valence-electron chi connectivity index (χ0n) is 14.4. The van der Waals surface area contributed by atoms with E-state index in [1.54, 1.807) is 6.07 Å². The third-order valence-corrected chi connectivity index (χ3v) is 4.92. The van der Waals surface area contributed by atoms with Gasteiger partial charge in [0.05, 0.1) is 0 Å². The first-order chi connectivity index (χ1) is 13.3. The number of phenolic OH excluding ortho intramolecular Hbond substituents is 1. The third kappa shape index (κ3) is 2.86. The highest BCUT2D eigenvalue weighted by Gasteiger charge is 2.26. The average molecular weight is 363 g/mol. The van der Waals surface area contributed by atoms with E-state index in [1.165, 1.54) is 6.33 Å². The third-order valence-electron chi connectivity index (χ3n) is 4.92. The van der Waals surface area contributed by atoms with E-state index >= 15 is 0 Å². The number of hydrogen-bond acceptors (Lipinski definition) is 8. The Labute approximate surface area is 154 Å². The predicted molar refractivity (Wildman–Crippen MR) is 97.3 cm³/mol. The number of piperidine rings is 1. The summed E-state index contributed by atoms with van der Waals surface area (Å²) in [5.41, 5.74) is 0.630. The van der Waals surface area contributed by atoms with Gasteiger partial charge >= 0.3 is 0 Å². The van der Waals surface area contributed by atoms with E-state index < -0.39 is 0 Å². The largest absolute Gasteiger partial charge is 0.506 e. The molecule has 27 heavy (non-hydrogen) atoms. The Morgan fingerprint density at radius 1 is 1.11 bits per heavy atom. The maximum atomic E-state index is 10.0. The summed E-state index contributed by atoms with van der Waals surface area (Å²) in [6, 6.07) is 9.41. The number of aromatic amines is 1. The lowest BCUT2D eigenvalue weighted by molar-refractivity contribution is 0.329. The summed E-state index contributed by atoms with van der Waals surface area (Å²) in [5.74, 6) is 2.84. The van der Waals surface area contributed by atoms with Crippen molar-refractivity contribution in [1.29, 1.82) is 0 Å². The summed E-state index contributed by atoms with van der Waals surface area (Å²) in [6.07, 6.45) is 3.19. The first-order valence-electron chi connectivity index (χ1n) is 8.81. The molecule has 1 aliphatic heterocycles. The van der Waals surface area contributed by atoms with Gasteiger partial charge in [0.2, 0.25) is 11.7 Å². The van der Waals surface area contributed by atoms with E-state index in [0.29, 0.717) is 23.1 Å². The van der Waals surface area contributed by atoms with E-state index in [2.05, 4.69) is 35.2 Å². The van der Waals surface area contributed by atoms with Crippen LogP contribution in [-0.4, -0.2) is 48.5 Å². The van der Waals surface area contributed by atoms with Crippen molar-refractivity contribution in [3.8, 4) is 17.4 Å². The lowest BCUT2D eigenvalue weighted by Crippen LogP contribution is -2.33. The number of phenols is 1. The number of benzene rings is 1. The molecule has 5 rings (SSSR count). The van der Waals surface area contributed by atoms with Crippen LogP contribution < -0.4 is 4.90 Å². The van der Waals surface area contributed by atoms with Crippen molar-refractivity contribution in [2.75, 3.05) is 18.0 Å². The Kier molecular flexibility index (Phi) is 3.70. The molecule has 0 radical (unpaired) electrons. The van der Waals surface area contributed by atoms with Crippen molar-refractivity contribution >= 4 is 16.7 Å². The lowest BCUT2D eigenvalue weighted by Gasteiger charge is -2.31. The monoisotopic (exact) mass is 363 g/mol. The molecule has 4 aromatic rings. The fraction of sp³-hybridized carbons (Fsp3) is 0.278. The van der Waals surface area contributed by atoms with Crippen LogP contribution in [0.2, 0.25) is 0 Å². The molecule has 0 unspecified atom stereocenters. The Bertz CT molecular complexity index is 1070. The minimum absolute atomic E-state index is 0.204. The quantitative estimate of drug-likeness (QED) is 0.570. The van der Waals surface area contributed by atoms with Crippen LogP contribution in [0.4, 0.5) is 5.82 Å². The van der Waals surface area contributed by atoms with Crippen molar-refractivity contribution in [3.63, 3.8) is 0 Å². The number of para-hydroxylation sites is 1. The van der Waals surface area contributed by atoms with E-state index in [9.17, 15) is 5.11 Å². The molecule has 1 aromatic carbocycles. The summed E-state index contributed by atoms with van der Waals surface area (Å²) < 4.78 is 5.43. The normalized spacial score (nSPS) is 15.5. The molecule has 136 valence electrons. The van der Waals surface area contributed by atoms with Gasteiger partial charge in [-0.1, -0.05) is 17.3 Å². The van der Waals surface area contributed by atoms with Gasteiger partial charge < -0.3 is 14.5 Å². The molecule has 0 bridgehead atoms. The van der Waals surface area contributed by atoms with E-state index in [-0.39, 0.29) is 11.7 Å². The van der Waals surface area contributed by atoms with Crippen LogP contribution in [0.25, 0.3) is 22.6 Å². The van der Waals surface area contributed by atoms with E-state index in [1.807, 2.05) is 24.3 Å². The molecule has 0 aliphatic carbocycles. The van der Waals surface area contributed by atoms with Gasteiger partial charge in [0.25, 0.3) is 0 Å². The molecule has 0 amide bonds. The minimum atomic E-state index is 0.204. The first-order valence-corrected chi connectivity index (χ1v) is 8.81. The lowest BCUT2D eigenvalue weighted by atomic mass is 9.97. The van der Waals surface area contributed by atoms with Crippen LogP contribution in [0, 0.1) is 0 Å². The fourth-order valence-corrected chi connectivity index (χ4v) is 3.46.